The molecule has 0 radical (unpaired) electrons. The van der Waals surface area contributed by atoms with E-state index in [2.05, 4.69) is 46.8 Å². The molecule has 2 nitrogen and oxygen atoms in total. The molecule has 0 aliphatic carbocycles. The van der Waals surface area contributed by atoms with Crippen molar-refractivity contribution in [3.05, 3.63) is 39.4 Å². The second-order valence-electron chi connectivity index (χ2n) is 5.60. The van der Waals surface area contributed by atoms with E-state index >= 15 is 0 Å². The largest absolute Gasteiger partial charge is 0.401 e. The summed E-state index contributed by atoms with van der Waals surface area (Å²) in [6.07, 6.45) is 4.60. The van der Waals surface area contributed by atoms with Crippen LogP contribution in [0.1, 0.15) is 56.2 Å². The normalized spacial score (nSPS) is 12.8. The Hall–Kier alpha value is -1.22. The Kier molecular flexibility index (Phi) is 7.58. The summed E-state index contributed by atoms with van der Waals surface area (Å²) in [7, 11) is 0. The molecule has 0 aliphatic heterocycles. The molecule has 1 rings (SSSR count). The van der Waals surface area contributed by atoms with Gasteiger partial charge in [0.25, 0.3) is 0 Å². The number of rotatable bonds is 7. The molecule has 0 saturated heterocycles. The van der Waals surface area contributed by atoms with Gasteiger partial charge in [0.15, 0.2) is 0 Å². The van der Waals surface area contributed by atoms with Gasteiger partial charge >= 0.3 is 11.4 Å². The highest BCUT2D eigenvalue weighted by Gasteiger charge is 2.13. The number of nitrogens with two attached hydrogens (primary N) is 1. The van der Waals surface area contributed by atoms with Crippen molar-refractivity contribution in [3.63, 3.8) is 0 Å². The molecule has 0 spiro atoms. The lowest BCUT2D eigenvalue weighted by atomic mass is 10.1. The molecular weight excluding hydrogens is 278 g/mol. The number of aryl methyl sites for hydroxylation is 3. The molecule has 0 unspecified atom stereocenters. The van der Waals surface area contributed by atoms with E-state index in [9.17, 15) is 0 Å². The Labute approximate surface area is 133 Å². The third-order valence-electron chi connectivity index (χ3n) is 3.50. The van der Waals surface area contributed by atoms with E-state index in [4.69, 9.17) is 10.2 Å². The van der Waals surface area contributed by atoms with Crippen LogP contribution in [-0.2, 0) is 4.42 Å². The molecule has 0 aliphatic rings. The average molecular weight is 306 g/mol. The summed E-state index contributed by atoms with van der Waals surface area (Å²) < 4.78 is 5.82. The highest BCUT2D eigenvalue weighted by Crippen LogP contribution is 2.26. The Bertz CT molecular complexity index is 509. The van der Waals surface area contributed by atoms with Crippen molar-refractivity contribution in [3.8, 4) is 5.75 Å². The van der Waals surface area contributed by atoms with E-state index in [-0.39, 0.29) is 0 Å². The summed E-state index contributed by atoms with van der Waals surface area (Å²) in [6, 6.07) is 4.28. The van der Waals surface area contributed by atoms with Gasteiger partial charge in [-0.3, -0.25) is 0 Å². The lowest BCUT2D eigenvalue weighted by Crippen LogP contribution is -1.99. The van der Waals surface area contributed by atoms with E-state index in [1.165, 1.54) is 29.5 Å². The summed E-state index contributed by atoms with van der Waals surface area (Å²) in [5.41, 5.74) is 12.5. The van der Waals surface area contributed by atoms with Gasteiger partial charge in [0.1, 0.15) is 0 Å². The molecule has 0 aromatic heterocycles. The fourth-order valence-electron chi connectivity index (χ4n) is 2.31. The van der Waals surface area contributed by atoms with Crippen LogP contribution in [0.2, 0.25) is 0 Å². The van der Waals surface area contributed by atoms with Gasteiger partial charge in [0.2, 0.25) is 0 Å². The second kappa shape index (κ2) is 8.93. The summed E-state index contributed by atoms with van der Waals surface area (Å²) in [5.74, 6) is 0.949. The second-order valence-corrected chi connectivity index (χ2v) is 6.64. The zero-order valence-electron chi connectivity index (χ0n) is 14.0. The van der Waals surface area contributed by atoms with Crippen molar-refractivity contribution < 1.29 is 4.42 Å². The van der Waals surface area contributed by atoms with E-state index in [0.29, 0.717) is 0 Å². The molecule has 3 heteroatoms. The molecule has 0 amide bonds. The maximum absolute atomic E-state index is 6.10. The van der Waals surface area contributed by atoms with Crippen LogP contribution in [0.3, 0.4) is 0 Å². The SMILES string of the molecule is CCCCC/C(N)=C(\C)SC=[O+]c1c(C)cc(C)cc1C. The van der Waals surface area contributed by atoms with Gasteiger partial charge in [-0.1, -0.05) is 19.8 Å². The lowest BCUT2D eigenvalue weighted by molar-refractivity contribution is 0.253. The number of unbranched alkanes of at least 4 members (excludes halogenated alkanes) is 2. The highest BCUT2D eigenvalue weighted by molar-refractivity contribution is 8.15. The predicted molar refractivity (Wildman–Crippen MR) is 95.5 cm³/mol. The smallest absolute Gasteiger partial charge is 0.359 e. The van der Waals surface area contributed by atoms with Gasteiger partial charge in [0.05, 0.1) is 11.1 Å². The monoisotopic (exact) mass is 306 g/mol. The first-order valence-electron chi connectivity index (χ1n) is 7.63. The number of carbonyl (C=O) groups excluding carboxylic acids is 1. The number of benzene rings is 1. The van der Waals surface area contributed by atoms with Crippen LogP contribution in [0.25, 0.3) is 0 Å². The number of hydrogen-bond acceptors (Lipinski definition) is 2. The van der Waals surface area contributed by atoms with Crippen molar-refractivity contribution in [2.75, 3.05) is 0 Å². The quantitative estimate of drug-likeness (QED) is 0.407. The standard InChI is InChI=1S/C18H28NOS/c1-6-7-8-9-17(19)16(5)21-12-20-18-14(3)10-13(2)11-15(18)4/h10-12H,6-9,19H2,1-5H3/q+1/b17-16-. The van der Waals surface area contributed by atoms with Crippen LogP contribution in [0.15, 0.2) is 22.7 Å². The third-order valence-corrected chi connectivity index (χ3v) is 4.31. The first-order chi connectivity index (χ1) is 9.95. The molecule has 1 aromatic rings. The summed E-state index contributed by atoms with van der Waals surface area (Å²) in [4.78, 5) is 1.13. The molecule has 116 valence electrons. The Morgan fingerprint density at radius 2 is 1.81 bits per heavy atom. The van der Waals surface area contributed by atoms with Gasteiger partial charge in [-0.2, -0.15) is 0 Å². The van der Waals surface area contributed by atoms with E-state index in [1.807, 2.05) is 0 Å². The van der Waals surface area contributed by atoms with Gasteiger partial charge < -0.3 is 5.73 Å². The maximum atomic E-state index is 6.10. The molecule has 1 aromatic carbocycles. The average Bonchev–Trinajstić information content (AvgIpc) is 2.41. The Balaban J connectivity index is 2.68. The number of thioether (sulfide) groups is 1. The molecule has 0 atom stereocenters. The fraction of sp³-hybridized carbons (Fsp3) is 0.500. The molecule has 0 saturated carbocycles. The van der Waals surface area contributed by atoms with E-state index in [0.717, 1.165) is 29.2 Å². The summed E-state index contributed by atoms with van der Waals surface area (Å²) in [6.45, 7) is 10.5. The van der Waals surface area contributed by atoms with Crippen molar-refractivity contribution >= 4 is 17.4 Å². The lowest BCUT2D eigenvalue weighted by Gasteiger charge is -2.03. The van der Waals surface area contributed by atoms with E-state index < -0.39 is 0 Å². The highest BCUT2D eigenvalue weighted by atomic mass is 32.2. The Morgan fingerprint density at radius 1 is 1.19 bits per heavy atom. The minimum Gasteiger partial charge on any atom is -0.401 e. The van der Waals surface area contributed by atoms with Crippen LogP contribution < -0.4 is 5.73 Å². The van der Waals surface area contributed by atoms with Crippen molar-refractivity contribution in [2.24, 2.45) is 5.73 Å². The van der Waals surface area contributed by atoms with Crippen LogP contribution in [-0.4, -0.2) is 5.62 Å². The van der Waals surface area contributed by atoms with Crippen LogP contribution in [0, 0.1) is 20.8 Å². The van der Waals surface area contributed by atoms with Crippen LogP contribution in [0.5, 0.6) is 5.75 Å². The molecule has 2 N–H and O–H groups in total. The topological polar surface area (TPSA) is 37.3 Å². The molecule has 0 bridgehead atoms. The van der Waals surface area contributed by atoms with Crippen molar-refractivity contribution in [1.82, 2.24) is 0 Å². The van der Waals surface area contributed by atoms with Gasteiger partial charge in [-0.25, -0.2) is 4.42 Å². The van der Waals surface area contributed by atoms with Crippen LogP contribution >= 0.6 is 11.8 Å². The zero-order chi connectivity index (χ0) is 15.8. The van der Waals surface area contributed by atoms with E-state index in [1.54, 1.807) is 17.4 Å². The minimum atomic E-state index is 0.949. The first kappa shape index (κ1) is 17.8. The third kappa shape index (κ3) is 5.96. The van der Waals surface area contributed by atoms with Crippen molar-refractivity contribution in [1.29, 1.82) is 0 Å². The summed E-state index contributed by atoms with van der Waals surface area (Å²) >= 11 is 1.57. The fourth-order valence-corrected chi connectivity index (χ4v) is 2.86. The van der Waals surface area contributed by atoms with Crippen molar-refractivity contribution in [2.45, 2.75) is 60.3 Å². The molecule has 0 heterocycles. The minimum absolute atomic E-state index is 0.949. The van der Waals surface area contributed by atoms with Gasteiger partial charge in [0, 0.05) is 22.4 Å². The Morgan fingerprint density at radius 3 is 2.38 bits per heavy atom. The zero-order valence-corrected chi connectivity index (χ0v) is 14.8. The molecule has 21 heavy (non-hydrogen) atoms. The predicted octanol–water partition coefficient (Wildman–Crippen LogP) is 5.55. The molecule has 0 fully saturated rings. The maximum Gasteiger partial charge on any atom is 0.359 e. The molecular formula is C18H28NOS+. The first-order valence-corrected chi connectivity index (χ1v) is 8.51. The summed E-state index contributed by atoms with van der Waals surface area (Å²) in [5, 5.41) is 0. The van der Waals surface area contributed by atoms with Gasteiger partial charge in [-0.05, 0) is 58.2 Å². The number of allylic oxidation sites excluding steroid dienone is 2. The van der Waals surface area contributed by atoms with Crippen LogP contribution in [0.4, 0.5) is 0 Å². The number of hydrogen-bond donors (Lipinski definition) is 1. The van der Waals surface area contributed by atoms with Gasteiger partial charge in [-0.15, -0.1) is 0 Å².